The molecule has 2 N–H and O–H groups in total. The molecule has 1 aromatic carbocycles. The summed E-state index contributed by atoms with van der Waals surface area (Å²) in [5.41, 5.74) is -1.15. The number of para-hydroxylation sites is 1. The van der Waals surface area contributed by atoms with Crippen molar-refractivity contribution in [3.63, 3.8) is 0 Å². The normalized spacial score (nSPS) is 21.0. The lowest BCUT2D eigenvalue weighted by Gasteiger charge is -2.12. The van der Waals surface area contributed by atoms with E-state index >= 15 is 0 Å². The zero-order valence-corrected chi connectivity index (χ0v) is 10.6. The summed E-state index contributed by atoms with van der Waals surface area (Å²) in [5, 5.41) is 21.6. The summed E-state index contributed by atoms with van der Waals surface area (Å²) in [5.74, 6) is -2.96. The number of halogens is 1. The number of amides is 1. The van der Waals surface area contributed by atoms with E-state index in [0.29, 0.717) is 0 Å². The molecule has 1 aromatic rings. The van der Waals surface area contributed by atoms with Gasteiger partial charge in [-0.2, -0.15) is 0 Å². The fraction of sp³-hybridized carbons (Fsp3) is 0.333. The molecule has 2 atom stereocenters. The summed E-state index contributed by atoms with van der Waals surface area (Å²) >= 11 is 0. The Morgan fingerprint density at radius 1 is 1.38 bits per heavy atom. The first-order valence-electron chi connectivity index (χ1n) is 6.02. The first-order chi connectivity index (χ1) is 9.90. The van der Waals surface area contributed by atoms with Crippen molar-refractivity contribution in [3.05, 3.63) is 34.1 Å². The van der Waals surface area contributed by atoms with E-state index in [-0.39, 0.29) is 12.8 Å². The van der Waals surface area contributed by atoms with Gasteiger partial charge in [0.1, 0.15) is 6.10 Å². The maximum absolute atomic E-state index is 13.6. The van der Waals surface area contributed by atoms with Gasteiger partial charge in [0.25, 0.3) is 11.6 Å². The lowest BCUT2D eigenvalue weighted by Crippen LogP contribution is -2.30. The Morgan fingerprint density at radius 3 is 2.62 bits per heavy atom. The summed E-state index contributed by atoms with van der Waals surface area (Å²) in [7, 11) is 0. The highest BCUT2D eigenvalue weighted by molar-refractivity contribution is 5.96. The number of carbonyl (C=O) groups excluding carboxylic acids is 1. The molecule has 0 bridgehead atoms. The minimum Gasteiger partial charge on any atom is -0.479 e. The average Bonchev–Trinajstić information content (AvgIpc) is 2.90. The monoisotopic (exact) mass is 298 g/mol. The van der Waals surface area contributed by atoms with Crippen molar-refractivity contribution < 1.29 is 28.7 Å². The second-order valence-electron chi connectivity index (χ2n) is 4.41. The molecule has 1 heterocycles. The van der Waals surface area contributed by atoms with Crippen LogP contribution in [-0.4, -0.2) is 34.1 Å². The van der Waals surface area contributed by atoms with Gasteiger partial charge >= 0.3 is 5.97 Å². The largest absolute Gasteiger partial charge is 0.479 e. The number of nitrogens with one attached hydrogen (secondary N) is 1. The van der Waals surface area contributed by atoms with Gasteiger partial charge < -0.3 is 15.2 Å². The molecule has 2 rings (SSSR count). The molecule has 8 nitrogen and oxygen atoms in total. The number of anilines is 1. The third-order valence-electron chi connectivity index (χ3n) is 3.02. The van der Waals surface area contributed by atoms with Crippen molar-refractivity contribution in [2.75, 3.05) is 5.32 Å². The lowest BCUT2D eigenvalue weighted by atomic mass is 10.2. The highest BCUT2D eigenvalue weighted by atomic mass is 19.1. The van der Waals surface area contributed by atoms with Gasteiger partial charge in [0.2, 0.25) is 0 Å². The third kappa shape index (κ3) is 3.14. The molecule has 9 heteroatoms. The number of benzene rings is 1. The summed E-state index contributed by atoms with van der Waals surface area (Å²) in [6, 6.07) is 3.17. The number of nitro benzene ring substituents is 1. The van der Waals surface area contributed by atoms with Gasteiger partial charge in [-0.25, -0.2) is 9.18 Å². The van der Waals surface area contributed by atoms with Crippen LogP contribution in [0.15, 0.2) is 18.2 Å². The van der Waals surface area contributed by atoms with Crippen LogP contribution in [0.1, 0.15) is 12.8 Å². The van der Waals surface area contributed by atoms with Gasteiger partial charge in [0.05, 0.1) is 4.92 Å². The average molecular weight is 298 g/mol. The van der Waals surface area contributed by atoms with Crippen LogP contribution in [0.4, 0.5) is 15.8 Å². The van der Waals surface area contributed by atoms with Crippen LogP contribution >= 0.6 is 0 Å². The number of hydrogen-bond acceptors (Lipinski definition) is 5. The molecular weight excluding hydrogens is 287 g/mol. The van der Waals surface area contributed by atoms with Crippen LogP contribution in [0, 0.1) is 15.9 Å². The summed E-state index contributed by atoms with van der Waals surface area (Å²) in [6.07, 6.45) is -1.89. The van der Waals surface area contributed by atoms with Crippen LogP contribution < -0.4 is 5.32 Å². The van der Waals surface area contributed by atoms with Crippen LogP contribution in [0.5, 0.6) is 0 Å². The first kappa shape index (κ1) is 14.9. The van der Waals surface area contributed by atoms with Crippen molar-refractivity contribution >= 4 is 23.3 Å². The van der Waals surface area contributed by atoms with Crippen LogP contribution in [-0.2, 0) is 14.3 Å². The quantitative estimate of drug-likeness (QED) is 0.639. The number of carboxylic acids is 1. The van der Waals surface area contributed by atoms with Crippen LogP contribution in [0.3, 0.4) is 0 Å². The molecular formula is C12H11FN2O6. The van der Waals surface area contributed by atoms with Crippen molar-refractivity contribution in [1.29, 1.82) is 0 Å². The fourth-order valence-corrected chi connectivity index (χ4v) is 2.00. The smallest absolute Gasteiger partial charge is 0.332 e. The second kappa shape index (κ2) is 5.83. The number of nitro groups is 1. The van der Waals surface area contributed by atoms with E-state index in [0.717, 1.165) is 18.2 Å². The highest BCUT2D eigenvalue weighted by Crippen LogP contribution is 2.28. The molecule has 0 spiro atoms. The third-order valence-corrected chi connectivity index (χ3v) is 3.02. The van der Waals surface area contributed by atoms with Crippen molar-refractivity contribution in [1.82, 2.24) is 0 Å². The number of hydrogen-bond donors (Lipinski definition) is 2. The Kier molecular flexibility index (Phi) is 4.13. The minimum absolute atomic E-state index is 0.144. The molecule has 1 saturated heterocycles. The number of nitrogens with zero attached hydrogens (tertiary/aromatic N) is 1. The predicted octanol–water partition coefficient (Wildman–Crippen LogP) is 1.30. The predicted molar refractivity (Wildman–Crippen MR) is 67.2 cm³/mol. The molecule has 21 heavy (non-hydrogen) atoms. The van der Waals surface area contributed by atoms with E-state index < -0.39 is 46.2 Å². The van der Waals surface area contributed by atoms with Gasteiger partial charge in [-0.15, -0.1) is 0 Å². The fourth-order valence-electron chi connectivity index (χ4n) is 2.00. The zero-order valence-electron chi connectivity index (χ0n) is 10.6. The maximum atomic E-state index is 13.6. The van der Waals surface area contributed by atoms with Crippen LogP contribution in [0.25, 0.3) is 0 Å². The van der Waals surface area contributed by atoms with Crippen molar-refractivity contribution in [3.8, 4) is 0 Å². The molecule has 0 aliphatic carbocycles. The molecule has 112 valence electrons. The van der Waals surface area contributed by atoms with E-state index in [9.17, 15) is 24.1 Å². The number of aliphatic carboxylic acids is 1. The lowest BCUT2D eigenvalue weighted by molar-refractivity contribution is -0.384. The molecule has 0 saturated carbocycles. The molecule has 1 fully saturated rings. The molecule has 2 unspecified atom stereocenters. The van der Waals surface area contributed by atoms with Gasteiger partial charge in [-0.05, 0) is 18.9 Å². The standard InChI is InChI=1S/C12H11FN2O6/c13-6-2-1-3-7(15(19)20)10(6)14-11(16)8-4-5-9(21-8)12(17)18/h1-3,8-9H,4-5H2,(H,14,16)(H,17,18). The van der Waals surface area contributed by atoms with Gasteiger partial charge in [0, 0.05) is 6.07 Å². The summed E-state index contributed by atoms with van der Waals surface area (Å²) < 4.78 is 18.6. The van der Waals surface area contributed by atoms with Gasteiger partial charge in [-0.1, -0.05) is 6.07 Å². The van der Waals surface area contributed by atoms with E-state index in [1.54, 1.807) is 0 Å². The molecule has 1 aliphatic rings. The number of carboxylic acid groups (broad SMARTS) is 1. The highest BCUT2D eigenvalue weighted by Gasteiger charge is 2.35. The molecule has 1 aliphatic heterocycles. The Balaban J connectivity index is 2.14. The van der Waals surface area contributed by atoms with Gasteiger partial charge in [0.15, 0.2) is 17.6 Å². The second-order valence-corrected chi connectivity index (χ2v) is 4.41. The Labute approximate surface area is 117 Å². The molecule has 0 radical (unpaired) electrons. The summed E-state index contributed by atoms with van der Waals surface area (Å²) in [6.45, 7) is 0. The van der Waals surface area contributed by atoms with Crippen molar-refractivity contribution in [2.24, 2.45) is 0 Å². The topological polar surface area (TPSA) is 119 Å². The Bertz CT molecular complexity index is 605. The number of ether oxygens (including phenoxy) is 1. The maximum Gasteiger partial charge on any atom is 0.332 e. The molecule has 0 aromatic heterocycles. The van der Waals surface area contributed by atoms with Crippen molar-refractivity contribution in [2.45, 2.75) is 25.0 Å². The molecule has 1 amide bonds. The Hall–Kier alpha value is -2.55. The van der Waals surface area contributed by atoms with E-state index in [2.05, 4.69) is 5.32 Å². The van der Waals surface area contributed by atoms with E-state index in [4.69, 9.17) is 9.84 Å². The SMILES string of the molecule is O=C(O)C1CCC(C(=O)Nc2c(F)cccc2[N+](=O)[O-])O1. The van der Waals surface area contributed by atoms with Gasteiger partial charge in [-0.3, -0.25) is 14.9 Å². The van der Waals surface area contributed by atoms with E-state index in [1.807, 2.05) is 0 Å². The van der Waals surface area contributed by atoms with E-state index in [1.165, 1.54) is 0 Å². The number of rotatable bonds is 4. The number of carbonyl (C=O) groups is 2. The Morgan fingerprint density at radius 2 is 2.05 bits per heavy atom. The first-order valence-corrected chi connectivity index (χ1v) is 6.02. The zero-order chi connectivity index (χ0) is 15.6. The van der Waals surface area contributed by atoms with Crippen LogP contribution in [0.2, 0.25) is 0 Å². The summed E-state index contributed by atoms with van der Waals surface area (Å²) in [4.78, 5) is 32.6. The minimum atomic E-state index is -1.19.